The third-order valence-corrected chi connectivity index (χ3v) is 6.39. The van der Waals surface area contributed by atoms with Gasteiger partial charge in [0.05, 0.1) is 16.8 Å². The molecule has 0 aliphatic carbocycles. The van der Waals surface area contributed by atoms with Crippen molar-refractivity contribution < 1.29 is 14.3 Å². The number of nitrogens with zero attached hydrogens (tertiary/aromatic N) is 4. The molecule has 1 unspecified atom stereocenters. The van der Waals surface area contributed by atoms with Gasteiger partial charge in [0.25, 0.3) is 0 Å². The molecule has 1 aliphatic rings. The van der Waals surface area contributed by atoms with Gasteiger partial charge >= 0.3 is 6.09 Å². The van der Waals surface area contributed by atoms with Gasteiger partial charge in [-0.25, -0.2) is 9.78 Å². The summed E-state index contributed by atoms with van der Waals surface area (Å²) in [7, 11) is 1.78. The lowest BCUT2D eigenvalue weighted by molar-refractivity contribution is -0.120. The van der Waals surface area contributed by atoms with Gasteiger partial charge in [-0.05, 0) is 65.1 Å². The number of benzene rings is 1. The molecular weight excluding hydrogens is 412 g/mol. The van der Waals surface area contributed by atoms with E-state index in [2.05, 4.69) is 9.88 Å². The van der Waals surface area contributed by atoms with Crippen LogP contribution in [0.1, 0.15) is 40.5 Å². The molecule has 1 aromatic carbocycles. The first kappa shape index (κ1) is 23.5. The third kappa shape index (κ3) is 6.40. The Kier molecular flexibility index (Phi) is 7.54. The molecular formula is C23H34N4O3S. The van der Waals surface area contributed by atoms with Gasteiger partial charge in [-0.1, -0.05) is 23.5 Å². The minimum absolute atomic E-state index is 0.0719. The van der Waals surface area contributed by atoms with Crippen molar-refractivity contribution in [1.82, 2.24) is 14.8 Å². The zero-order chi connectivity index (χ0) is 22.6. The molecule has 170 valence electrons. The summed E-state index contributed by atoms with van der Waals surface area (Å²) in [6.07, 6.45) is 1.77. The predicted molar refractivity (Wildman–Crippen MR) is 126 cm³/mol. The summed E-state index contributed by atoms with van der Waals surface area (Å²) in [6, 6.07) is 7.96. The number of ether oxygens (including phenoxy) is 1. The number of fused-ring (bicyclic) bond motifs is 1. The number of rotatable bonds is 6. The number of likely N-dealkylation sites (N-methyl/N-ethyl adjacent to an activating group) is 1. The molecule has 3 rings (SSSR count). The molecule has 2 amide bonds. The molecule has 0 saturated carbocycles. The molecule has 8 heteroatoms. The number of amides is 2. The second-order valence-corrected chi connectivity index (χ2v) is 10.2. The second kappa shape index (κ2) is 9.96. The number of hydrogen-bond acceptors (Lipinski definition) is 6. The minimum atomic E-state index is -0.499. The molecule has 1 aromatic heterocycles. The summed E-state index contributed by atoms with van der Waals surface area (Å²) in [5.41, 5.74) is 0.428. The number of anilines is 1. The maximum absolute atomic E-state index is 13.1. The fourth-order valence-corrected chi connectivity index (χ4v) is 4.96. The van der Waals surface area contributed by atoms with Crippen molar-refractivity contribution in [3.63, 3.8) is 0 Å². The lowest BCUT2D eigenvalue weighted by Crippen LogP contribution is -2.47. The van der Waals surface area contributed by atoms with Crippen molar-refractivity contribution in [2.75, 3.05) is 44.7 Å². The average molecular weight is 447 g/mol. The van der Waals surface area contributed by atoms with Gasteiger partial charge in [-0.15, -0.1) is 0 Å². The maximum Gasteiger partial charge on any atom is 0.410 e. The van der Waals surface area contributed by atoms with Crippen LogP contribution < -0.4 is 4.90 Å². The number of aromatic nitrogens is 1. The molecule has 31 heavy (non-hydrogen) atoms. The van der Waals surface area contributed by atoms with Crippen molar-refractivity contribution in [3.05, 3.63) is 24.3 Å². The van der Waals surface area contributed by atoms with Gasteiger partial charge in [0.1, 0.15) is 5.60 Å². The Hall–Kier alpha value is -2.19. The average Bonchev–Trinajstić information content (AvgIpc) is 3.11. The SMILES string of the molecule is CCN(C(=O)CN1CCCC(CN(C)C(=O)OC(C)(C)C)C1)c1nc2ccccc2s1. The normalized spacial score (nSPS) is 17.5. The lowest BCUT2D eigenvalue weighted by atomic mass is 9.97. The van der Waals surface area contributed by atoms with Crippen LogP contribution in [0.2, 0.25) is 0 Å². The highest BCUT2D eigenvalue weighted by Crippen LogP contribution is 2.29. The van der Waals surface area contributed by atoms with Crippen molar-refractivity contribution in [2.45, 2.75) is 46.1 Å². The molecule has 1 fully saturated rings. The summed E-state index contributed by atoms with van der Waals surface area (Å²) in [5, 5.41) is 0.756. The van der Waals surface area contributed by atoms with Crippen LogP contribution in [0.25, 0.3) is 10.2 Å². The number of likely N-dealkylation sites (tertiary alicyclic amines) is 1. The fourth-order valence-electron chi connectivity index (χ4n) is 3.92. The van der Waals surface area contributed by atoms with Crippen LogP contribution in [-0.4, -0.2) is 72.2 Å². The molecule has 7 nitrogen and oxygen atoms in total. The van der Waals surface area contributed by atoms with E-state index in [0.29, 0.717) is 25.6 Å². The highest BCUT2D eigenvalue weighted by Gasteiger charge is 2.28. The first-order valence-corrected chi connectivity index (χ1v) is 11.8. The van der Waals surface area contributed by atoms with Gasteiger partial charge in [0.2, 0.25) is 5.91 Å². The summed E-state index contributed by atoms with van der Waals surface area (Å²) in [5.74, 6) is 0.402. The van der Waals surface area contributed by atoms with E-state index < -0.39 is 5.60 Å². The summed E-state index contributed by atoms with van der Waals surface area (Å²) < 4.78 is 6.55. The molecule has 0 radical (unpaired) electrons. The van der Waals surface area contributed by atoms with E-state index in [0.717, 1.165) is 41.3 Å². The highest BCUT2D eigenvalue weighted by molar-refractivity contribution is 7.22. The van der Waals surface area contributed by atoms with Crippen molar-refractivity contribution in [3.8, 4) is 0 Å². The van der Waals surface area contributed by atoms with Crippen LogP contribution in [0.5, 0.6) is 0 Å². The van der Waals surface area contributed by atoms with Crippen LogP contribution in [0.3, 0.4) is 0 Å². The first-order chi connectivity index (χ1) is 14.7. The zero-order valence-corrected chi connectivity index (χ0v) is 20.1. The minimum Gasteiger partial charge on any atom is -0.444 e. The van der Waals surface area contributed by atoms with Crippen molar-refractivity contribution in [1.29, 1.82) is 0 Å². The summed E-state index contributed by atoms with van der Waals surface area (Å²) in [4.78, 5) is 35.6. The quantitative estimate of drug-likeness (QED) is 0.664. The van der Waals surface area contributed by atoms with Crippen molar-refractivity contribution in [2.24, 2.45) is 5.92 Å². The number of carbonyl (C=O) groups is 2. The molecule has 1 aliphatic heterocycles. The van der Waals surface area contributed by atoms with E-state index >= 15 is 0 Å². The number of para-hydroxylation sites is 1. The summed E-state index contributed by atoms with van der Waals surface area (Å²) in [6.45, 7) is 10.9. The molecule has 0 spiro atoms. The monoisotopic (exact) mass is 446 g/mol. The van der Waals surface area contributed by atoms with Crippen LogP contribution in [0.15, 0.2) is 24.3 Å². The van der Waals surface area contributed by atoms with E-state index in [-0.39, 0.29) is 12.0 Å². The number of piperidine rings is 1. The predicted octanol–water partition coefficient (Wildman–Crippen LogP) is 4.23. The van der Waals surface area contributed by atoms with E-state index in [4.69, 9.17) is 4.74 Å². The Labute approximate surface area is 189 Å². The fraction of sp³-hybridized carbons (Fsp3) is 0.609. The Balaban J connectivity index is 1.57. The van der Waals surface area contributed by atoms with E-state index in [9.17, 15) is 9.59 Å². The second-order valence-electron chi connectivity index (χ2n) is 9.21. The Morgan fingerprint density at radius 2 is 2.03 bits per heavy atom. The largest absolute Gasteiger partial charge is 0.444 e. The van der Waals surface area contributed by atoms with Gasteiger partial charge in [-0.2, -0.15) is 0 Å². The van der Waals surface area contributed by atoms with E-state index in [1.165, 1.54) is 0 Å². The van der Waals surface area contributed by atoms with E-state index in [1.807, 2.05) is 52.0 Å². The smallest absolute Gasteiger partial charge is 0.410 e. The molecule has 0 bridgehead atoms. The molecule has 2 heterocycles. The molecule has 2 aromatic rings. The Morgan fingerprint density at radius 3 is 2.71 bits per heavy atom. The lowest BCUT2D eigenvalue weighted by Gasteiger charge is -2.35. The molecule has 1 atom stereocenters. The molecule has 1 saturated heterocycles. The van der Waals surface area contributed by atoms with Gasteiger partial charge in [-0.3, -0.25) is 14.6 Å². The number of carbonyl (C=O) groups excluding carboxylic acids is 2. The van der Waals surface area contributed by atoms with Gasteiger partial charge < -0.3 is 9.64 Å². The zero-order valence-electron chi connectivity index (χ0n) is 19.3. The van der Waals surface area contributed by atoms with Crippen LogP contribution in [-0.2, 0) is 9.53 Å². The van der Waals surface area contributed by atoms with Crippen LogP contribution in [0.4, 0.5) is 9.93 Å². The first-order valence-electron chi connectivity index (χ1n) is 11.0. The van der Waals surface area contributed by atoms with Gasteiger partial charge in [0, 0.05) is 26.7 Å². The van der Waals surface area contributed by atoms with Gasteiger partial charge in [0.15, 0.2) is 5.13 Å². The standard InChI is InChI=1S/C23H34N4O3S/c1-6-27(21-24-18-11-7-8-12-19(18)31-21)20(28)16-26-13-9-10-17(15-26)14-25(5)22(29)30-23(2,3)4/h7-8,11-12,17H,6,9-10,13-16H2,1-5H3. The number of thiazole rings is 1. The maximum atomic E-state index is 13.1. The van der Waals surface area contributed by atoms with E-state index in [1.54, 1.807) is 28.2 Å². The Bertz CT molecular complexity index is 875. The summed E-state index contributed by atoms with van der Waals surface area (Å²) >= 11 is 1.55. The Morgan fingerprint density at radius 1 is 1.29 bits per heavy atom. The van der Waals surface area contributed by atoms with Crippen LogP contribution in [0, 0.1) is 5.92 Å². The van der Waals surface area contributed by atoms with Crippen molar-refractivity contribution >= 4 is 38.7 Å². The number of hydrogen-bond donors (Lipinski definition) is 0. The molecule has 0 N–H and O–H groups in total. The van der Waals surface area contributed by atoms with Crippen LogP contribution >= 0.6 is 11.3 Å². The highest BCUT2D eigenvalue weighted by atomic mass is 32.1. The topological polar surface area (TPSA) is 66.0 Å². The third-order valence-electron chi connectivity index (χ3n) is 5.33.